The number of piperidine rings is 1. The van der Waals surface area contributed by atoms with Crippen LogP contribution in [0.5, 0.6) is 0 Å². The summed E-state index contributed by atoms with van der Waals surface area (Å²) >= 11 is 0. The summed E-state index contributed by atoms with van der Waals surface area (Å²) in [6.07, 6.45) is 1.13. The van der Waals surface area contributed by atoms with Crippen LogP contribution in [0.3, 0.4) is 0 Å². The third kappa shape index (κ3) is 5.49. The number of amides is 1. The maximum Gasteiger partial charge on any atom is 0.222 e. The van der Waals surface area contributed by atoms with Gasteiger partial charge in [0.25, 0.3) is 0 Å². The van der Waals surface area contributed by atoms with Gasteiger partial charge in [0.05, 0.1) is 6.10 Å². The lowest BCUT2D eigenvalue weighted by atomic mass is 9.89. The second-order valence-corrected chi connectivity index (χ2v) is 7.03. The predicted octanol–water partition coefficient (Wildman–Crippen LogP) is 1.63. The van der Waals surface area contributed by atoms with Crippen LogP contribution in [-0.2, 0) is 4.79 Å². The van der Waals surface area contributed by atoms with Crippen LogP contribution in [-0.4, -0.2) is 47.7 Å². The Balaban J connectivity index is 2.62. The Morgan fingerprint density at radius 3 is 2.53 bits per heavy atom. The average Bonchev–Trinajstić information content (AvgIpc) is 2.34. The van der Waals surface area contributed by atoms with Crippen LogP contribution in [0.2, 0.25) is 0 Å². The van der Waals surface area contributed by atoms with Crippen molar-refractivity contribution in [2.24, 2.45) is 11.3 Å². The fraction of sp³-hybridized carbons (Fsp3) is 0.933. The molecule has 4 nitrogen and oxygen atoms in total. The van der Waals surface area contributed by atoms with E-state index < -0.39 is 0 Å². The first kappa shape index (κ1) is 16.4. The molecule has 0 aromatic heterocycles. The summed E-state index contributed by atoms with van der Waals surface area (Å²) in [5.41, 5.74) is 0.234. The van der Waals surface area contributed by atoms with Crippen LogP contribution >= 0.6 is 0 Å². The van der Waals surface area contributed by atoms with E-state index >= 15 is 0 Å². The molecule has 1 heterocycles. The van der Waals surface area contributed by atoms with Crippen molar-refractivity contribution in [3.05, 3.63) is 0 Å². The van der Waals surface area contributed by atoms with E-state index in [2.05, 4.69) is 26.1 Å². The molecule has 1 aliphatic heterocycles. The number of likely N-dealkylation sites (tertiary alicyclic amines) is 1. The van der Waals surface area contributed by atoms with Gasteiger partial charge in [-0.25, -0.2) is 0 Å². The molecule has 1 rings (SSSR count). The van der Waals surface area contributed by atoms with Gasteiger partial charge in [-0.15, -0.1) is 0 Å². The first-order chi connectivity index (χ1) is 8.73. The Hall–Kier alpha value is -0.610. The highest BCUT2D eigenvalue weighted by Gasteiger charge is 2.31. The summed E-state index contributed by atoms with van der Waals surface area (Å²) < 4.78 is 0. The monoisotopic (exact) mass is 270 g/mol. The molecule has 0 aromatic rings. The number of aliphatic hydroxyl groups excluding tert-OH is 1. The Bertz CT molecular complexity index is 297. The summed E-state index contributed by atoms with van der Waals surface area (Å²) in [5.74, 6) is 0.370. The molecule has 0 aromatic carbocycles. The van der Waals surface area contributed by atoms with E-state index in [1.807, 2.05) is 18.7 Å². The molecule has 0 spiro atoms. The molecule has 1 amide bonds. The Labute approximate surface area is 117 Å². The van der Waals surface area contributed by atoms with Crippen molar-refractivity contribution in [3.63, 3.8) is 0 Å². The predicted molar refractivity (Wildman–Crippen MR) is 77.9 cm³/mol. The number of hydrogen-bond acceptors (Lipinski definition) is 3. The van der Waals surface area contributed by atoms with E-state index in [0.717, 1.165) is 19.5 Å². The van der Waals surface area contributed by atoms with Crippen LogP contribution in [0.4, 0.5) is 0 Å². The smallest absolute Gasteiger partial charge is 0.222 e. The van der Waals surface area contributed by atoms with Crippen molar-refractivity contribution in [2.75, 3.05) is 19.6 Å². The Morgan fingerprint density at radius 2 is 2.05 bits per heavy atom. The van der Waals surface area contributed by atoms with Crippen LogP contribution in [0.1, 0.15) is 47.5 Å². The molecular weight excluding hydrogens is 240 g/mol. The Kier molecular flexibility index (Phi) is 5.81. The van der Waals surface area contributed by atoms with Crippen LogP contribution in [0.15, 0.2) is 0 Å². The number of nitrogens with one attached hydrogen (secondary N) is 1. The van der Waals surface area contributed by atoms with Gasteiger partial charge in [-0.05, 0) is 18.8 Å². The maximum atomic E-state index is 11.9. The molecule has 2 N–H and O–H groups in total. The van der Waals surface area contributed by atoms with Crippen molar-refractivity contribution in [2.45, 2.75) is 59.6 Å². The largest absolute Gasteiger partial charge is 0.393 e. The Morgan fingerprint density at radius 1 is 1.42 bits per heavy atom. The van der Waals surface area contributed by atoms with E-state index in [1.54, 1.807) is 0 Å². The second-order valence-electron chi connectivity index (χ2n) is 7.03. The molecule has 0 saturated carbocycles. The van der Waals surface area contributed by atoms with Crippen molar-refractivity contribution in [1.82, 2.24) is 10.2 Å². The van der Waals surface area contributed by atoms with E-state index in [-0.39, 0.29) is 23.3 Å². The zero-order valence-corrected chi connectivity index (χ0v) is 13.1. The quantitative estimate of drug-likeness (QED) is 0.816. The van der Waals surface area contributed by atoms with Crippen molar-refractivity contribution in [1.29, 1.82) is 0 Å². The number of carbonyl (C=O) groups excluding carboxylic acids is 1. The molecule has 1 aliphatic rings. The zero-order valence-electron chi connectivity index (χ0n) is 13.1. The number of nitrogens with zero attached hydrogens (tertiary/aromatic N) is 1. The molecule has 1 fully saturated rings. The molecule has 112 valence electrons. The van der Waals surface area contributed by atoms with E-state index in [0.29, 0.717) is 19.0 Å². The first-order valence-corrected chi connectivity index (χ1v) is 7.42. The minimum absolute atomic E-state index is 0.182. The third-order valence-electron chi connectivity index (χ3n) is 3.74. The van der Waals surface area contributed by atoms with E-state index in [9.17, 15) is 9.90 Å². The molecule has 1 saturated heterocycles. The molecule has 0 aliphatic carbocycles. The molecule has 3 atom stereocenters. The average molecular weight is 270 g/mol. The van der Waals surface area contributed by atoms with Gasteiger partial charge >= 0.3 is 0 Å². The lowest BCUT2D eigenvalue weighted by Gasteiger charge is -2.40. The van der Waals surface area contributed by atoms with Crippen molar-refractivity contribution in [3.8, 4) is 0 Å². The number of hydrogen-bond donors (Lipinski definition) is 2. The molecule has 19 heavy (non-hydrogen) atoms. The normalized spacial score (nSPS) is 26.3. The highest BCUT2D eigenvalue weighted by molar-refractivity contribution is 5.76. The molecule has 0 radical (unpaired) electrons. The minimum atomic E-state index is -0.355. The van der Waals surface area contributed by atoms with Gasteiger partial charge < -0.3 is 15.3 Å². The lowest BCUT2D eigenvalue weighted by molar-refractivity contribution is -0.134. The van der Waals surface area contributed by atoms with Gasteiger partial charge in [0.1, 0.15) is 0 Å². The number of rotatable bonds is 4. The van der Waals surface area contributed by atoms with Gasteiger partial charge in [-0.3, -0.25) is 4.79 Å². The maximum absolute atomic E-state index is 11.9. The summed E-state index contributed by atoms with van der Waals surface area (Å²) in [6.45, 7) is 12.7. The lowest BCUT2D eigenvalue weighted by Crippen LogP contribution is -2.54. The van der Waals surface area contributed by atoms with Crippen LogP contribution < -0.4 is 5.32 Å². The van der Waals surface area contributed by atoms with Gasteiger partial charge in [-0.2, -0.15) is 0 Å². The topological polar surface area (TPSA) is 52.6 Å². The molecular formula is C15H30N2O2. The molecule has 4 heteroatoms. The number of carbonyl (C=O) groups is 1. The summed E-state index contributed by atoms with van der Waals surface area (Å²) in [7, 11) is 0. The summed E-state index contributed by atoms with van der Waals surface area (Å²) in [6, 6.07) is 0.295. The first-order valence-electron chi connectivity index (χ1n) is 7.42. The highest BCUT2D eigenvalue weighted by atomic mass is 16.3. The minimum Gasteiger partial charge on any atom is -0.393 e. The molecule has 0 bridgehead atoms. The van der Waals surface area contributed by atoms with Gasteiger partial charge in [0.2, 0.25) is 5.91 Å². The van der Waals surface area contributed by atoms with Crippen LogP contribution in [0.25, 0.3) is 0 Å². The summed E-state index contributed by atoms with van der Waals surface area (Å²) in [5, 5.41) is 13.4. The van der Waals surface area contributed by atoms with Gasteiger partial charge in [0, 0.05) is 38.0 Å². The number of aliphatic hydroxyl groups is 1. The molecule has 3 unspecified atom stereocenters. The summed E-state index contributed by atoms with van der Waals surface area (Å²) in [4.78, 5) is 13.8. The van der Waals surface area contributed by atoms with Crippen molar-refractivity contribution >= 4 is 5.91 Å². The SMILES string of the molecule is CCC(=O)N1CC(NCC(C)(C)C)CC(C(C)O)C1. The van der Waals surface area contributed by atoms with Gasteiger partial charge in [-0.1, -0.05) is 27.7 Å². The fourth-order valence-electron chi connectivity index (χ4n) is 2.51. The zero-order chi connectivity index (χ0) is 14.6. The van der Waals surface area contributed by atoms with Crippen LogP contribution in [0, 0.1) is 11.3 Å². The van der Waals surface area contributed by atoms with Crippen molar-refractivity contribution < 1.29 is 9.90 Å². The fourth-order valence-corrected chi connectivity index (χ4v) is 2.51. The van der Waals surface area contributed by atoms with E-state index in [4.69, 9.17) is 0 Å². The van der Waals surface area contributed by atoms with E-state index in [1.165, 1.54) is 0 Å². The third-order valence-corrected chi connectivity index (χ3v) is 3.74. The van der Waals surface area contributed by atoms with Gasteiger partial charge in [0.15, 0.2) is 0 Å². The standard InChI is InChI=1S/C15H30N2O2/c1-6-14(19)17-8-12(11(2)18)7-13(9-17)16-10-15(3,4)5/h11-13,16,18H,6-10H2,1-5H3. The second kappa shape index (κ2) is 6.71. The highest BCUT2D eigenvalue weighted by Crippen LogP contribution is 2.22.